The van der Waals surface area contributed by atoms with E-state index in [9.17, 15) is 0 Å². The summed E-state index contributed by atoms with van der Waals surface area (Å²) in [6.45, 7) is 3.31. The number of fused-ring (bicyclic) bond motifs is 1. The van der Waals surface area contributed by atoms with Gasteiger partial charge in [-0.05, 0) is 37.8 Å². The summed E-state index contributed by atoms with van der Waals surface area (Å²) in [6, 6.07) is 8.95. The lowest BCUT2D eigenvalue weighted by Crippen LogP contribution is -2.43. The van der Waals surface area contributed by atoms with Crippen LogP contribution < -0.4 is 10.6 Å². The van der Waals surface area contributed by atoms with Crippen LogP contribution in [0.2, 0.25) is 0 Å². The number of aliphatic imine (C=N–C) groups is 1. The van der Waals surface area contributed by atoms with Crippen LogP contribution in [0.25, 0.3) is 10.9 Å². The van der Waals surface area contributed by atoms with E-state index in [-0.39, 0.29) is 24.0 Å². The maximum Gasteiger partial charge on any atom is 0.191 e. The Morgan fingerprint density at radius 1 is 1.24 bits per heavy atom. The number of aromatic nitrogens is 4. The number of aryl methyl sites for hydroxylation is 1. The molecule has 3 aromatic rings. The molecule has 4 rings (SSSR count). The van der Waals surface area contributed by atoms with Crippen molar-refractivity contribution < 1.29 is 0 Å². The second-order valence-electron chi connectivity index (χ2n) is 7.55. The fraction of sp³-hybridized carbons (Fsp3) is 0.476. The third-order valence-corrected chi connectivity index (χ3v) is 5.62. The fourth-order valence-corrected chi connectivity index (χ4v) is 3.81. The second-order valence-corrected chi connectivity index (χ2v) is 7.55. The molecule has 1 saturated carbocycles. The summed E-state index contributed by atoms with van der Waals surface area (Å²) in [5, 5.41) is 16.8. The summed E-state index contributed by atoms with van der Waals surface area (Å²) in [5.41, 5.74) is 2.51. The van der Waals surface area contributed by atoms with Crippen molar-refractivity contribution in [1.29, 1.82) is 0 Å². The van der Waals surface area contributed by atoms with E-state index in [1.807, 2.05) is 18.5 Å². The number of hydrogen-bond donors (Lipinski definition) is 3. The molecule has 0 amide bonds. The van der Waals surface area contributed by atoms with Crippen molar-refractivity contribution in [2.24, 2.45) is 12.0 Å². The van der Waals surface area contributed by atoms with Crippen LogP contribution >= 0.6 is 24.0 Å². The Kier molecular flexibility index (Phi) is 7.51. The zero-order valence-electron chi connectivity index (χ0n) is 17.1. The molecule has 1 aromatic carbocycles. The zero-order valence-corrected chi connectivity index (χ0v) is 19.4. The number of rotatable bonds is 6. The summed E-state index contributed by atoms with van der Waals surface area (Å²) in [5.74, 6) is 2.65. The molecule has 0 atom stereocenters. The van der Waals surface area contributed by atoms with Crippen LogP contribution in [0, 0.1) is 6.92 Å². The van der Waals surface area contributed by atoms with Gasteiger partial charge in [0.15, 0.2) is 11.8 Å². The molecule has 0 unspecified atom stereocenters. The first kappa shape index (κ1) is 21.6. The lowest BCUT2D eigenvalue weighted by Gasteiger charge is -2.17. The zero-order chi connectivity index (χ0) is 19.3. The van der Waals surface area contributed by atoms with Gasteiger partial charge < -0.3 is 20.2 Å². The van der Waals surface area contributed by atoms with Gasteiger partial charge in [0.05, 0.1) is 0 Å². The van der Waals surface area contributed by atoms with Gasteiger partial charge in [-0.1, -0.05) is 31.0 Å². The van der Waals surface area contributed by atoms with Crippen molar-refractivity contribution in [3.63, 3.8) is 0 Å². The minimum absolute atomic E-state index is 0. The number of nitrogens with one attached hydrogen (secondary N) is 3. The van der Waals surface area contributed by atoms with Gasteiger partial charge in [0.2, 0.25) is 0 Å². The monoisotopic (exact) mass is 507 g/mol. The lowest BCUT2D eigenvalue weighted by molar-refractivity contribution is 0.610. The third-order valence-electron chi connectivity index (χ3n) is 5.62. The molecule has 0 saturated heterocycles. The fourth-order valence-electron chi connectivity index (χ4n) is 3.81. The first-order valence-electron chi connectivity index (χ1n) is 10.2. The maximum absolute atomic E-state index is 4.78. The van der Waals surface area contributed by atoms with Gasteiger partial charge in [0.25, 0.3) is 0 Å². The Hall–Kier alpha value is -2.10. The molecule has 0 aliphatic heterocycles. The predicted molar refractivity (Wildman–Crippen MR) is 128 cm³/mol. The van der Waals surface area contributed by atoms with Gasteiger partial charge >= 0.3 is 0 Å². The molecule has 8 heteroatoms. The summed E-state index contributed by atoms with van der Waals surface area (Å²) in [6.07, 6.45) is 8.07. The standard InChI is InChI=1S/C21H29N7.HI/c1-15-26-27-20(28(15)2)14-24-21(25-17-7-3-4-8-17)22-12-11-16-13-23-19-10-6-5-9-18(16)19;/h5-6,9-10,13,17,23H,3-4,7-8,11-12,14H2,1-2H3,(H2,22,24,25);1H. The number of hydrogen-bond acceptors (Lipinski definition) is 3. The average molecular weight is 507 g/mol. The Balaban J connectivity index is 0.00000240. The van der Waals surface area contributed by atoms with Crippen LogP contribution in [-0.4, -0.2) is 38.3 Å². The van der Waals surface area contributed by atoms with Crippen LogP contribution in [0.1, 0.15) is 42.9 Å². The van der Waals surface area contributed by atoms with E-state index in [0.29, 0.717) is 12.6 Å². The summed E-state index contributed by atoms with van der Waals surface area (Å²) in [7, 11) is 1.98. The lowest BCUT2D eigenvalue weighted by atomic mass is 10.1. The molecule has 7 nitrogen and oxygen atoms in total. The number of aromatic amines is 1. The number of para-hydroxylation sites is 1. The van der Waals surface area contributed by atoms with Gasteiger partial charge in [-0.3, -0.25) is 0 Å². The van der Waals surface area contributed by atoms with E-state index >= 15 is 0 Å². The topological polar surface area (TPSA) is 82.9 Å². The Morgan fingerprint density at radius 2 is 2.03 bits per heavy atom. The largest absolute Gasteiger partial charge is 0.361 e. The van der Waals surface area contributed by atoms with Gasteiger partial charge in [-0.15, -0.1) is 34.2 Å². The molecule has 3 N–H and O–H groups in total. The Labute approximate surface area is 188 Å². The molecule has 0 radical (unpaired) electrons. The number of guanidine groups is 1. The van der Waals surface area contributed by atoms with Crippen LogP contribution in [0.5, 0.6) is 0 Å². The van der Waals surface area contributed by atoms with Crippen molar-refractivity contribution in [3.8, 4) is 0 Å². The highest BCUT2D eigenvalue weighted by atomic mass is 127. The molecule has 1 fully saturated rings. The van der Waals surface area contributed by atoms with E-state index in [1.165, 1.54) is 42.1 Å². The SMILES string of the molecule is Cc1nnc(CN=C(NCCc2c[nH]c3ccccc23)NC2CCCC2)n1C.I. The van der Waals surface area contributed by atoms with Crippen molar-refractivity contribution in [3.05, 3.63) is 47.7 Å². The number of H-pyrrole nitrogens is 1. The molecule has 2 heterocycles. The highest BCUT2D eigenvalue weighted by molar-refractivity contribution is 14.0. The predicted octanol–water partition coefficient (Wildman–Crippen LogP) is 3.44. The molecule has 0 bridgehead atoms. The molecular weight excluding hydrogens is 477 g/mol. The number of benzene rings is 1. The second kappa shape index (κ2) is 10.1. The Morgan fingerprint density at radius 3 is 2.79 bits per heavy atom. The van der Waals surface area contributed by atoms with Gasteiger partial charge in [-0.2, -0.15) is 0 Å². The molecule has 1 aliphatic rings. The molecule has 1 aliphatic carbocycles. The summed E-state index contributed by atoms with van der Waals surface area (Å²) < 4.78 is 1.99. The van der Waals surface area contributed by atoms with E-state index in [2.05, 4.69) is 56.3 Å². The third kappa shape index (κ3) is 5.29. The molecular formula is C21H30IN7. The normalized spacial score (nSPS) is 14.9. The van der Waals surface area contributed by atoms with Crippen LogP contribution in [0.4, 0.5) is 0 Å². The van der Waals surface area contributed by atoms with Gasteiger partial charge in [0, 0.05) is 36.7 Å². The van der Waals surface area contributed by atoms with Gasteiger partial charge in [0.1, 0.15) is 12.4 Å². The van der Waals surface area contributed by atoms with Crippen molar-refractivity contribution in [2.45, 2.75) is 51.6 Å². The summed E-state index contributed by atoms with van der Waals surface area (Å²) >= 11 is 0. The van der Waals surface area contributed by atoms with Crippen molar-refractivity contribution >= 4 is 40.8 Å². The van der Waals surface area contributed by atoms with E-state index in [0.717, 1.165) is 30.6 Å². The number of nitrogens with zero attached hydrogens (tertiary/aromatic N) is 4. The first-order valence-corrected chi connectivity index (χ1v) is 10.2. The average Bonchev–Trinajstić information content (AvgIpc) is 3.43. The summed E-state index contributed by atoms with van der Waals surface area (Å²) in [4.78, 5) is 8.12. The Bertz CT molecular complexity index is 953. The molecule has 29 heavy (non-hydrogen) atoms. The van der Waals surface area contributed by atoms with E-state index in [4.69, 9.17) is 4.99 Å². The number of halogens is 1. The molecule has 2 aromatic heterocycles. The minimum atomic E-state index is 0. The highest BCUT2D eigenvalue weighted by Crippen LogP contribution is 2.18. The van der Waals surface area contributed by atoms with Crippen molar-refractivity contribution in [1.82, 2.24) is 30.4 Å². The van der Waals surface area contributed by atoms with Crippen LogP contribution in [-0.2, 0) is 20.0 Å². The first-order chi connectivity index (χ1) is 13.7. The van der Waals surface area contributed by atoms with Gasteiger partial charge in [-0.25, -0.2) is 4.99 Å². The molecule has 156 valence electrons. The van der Waals surface area contributed by atoms with E-state index < -0.39 is 0 Å². The van der Waals surface area contributed by atoms with Crippen LogP contribution in [0.3, 0.4) is 0 Å². The van der Waals surface area contributed by atoms with Crippen molar-refractivity contribution in [2.75, 3.05) is 6.54 Å². The van der Waals surface area contributed by atoms with E-state index in [1.54, 1.807) is 0 Å². The smallest absolute Gasteiger partial charge is 0.191 e. The van der Waals surface area contributed by atoms with Crippen LogP contribution in [0.15, 0.2) is 35.5 Å². The highest BCUT2D eigenvalue weighted by Gasteiger charge is 2.16. The molecule has 0 spiro atoms. The maximum atomic E-state index is 4.78. The quantitative estimate of drug-likeness (QED) is 0.271. The minimum Gasteiger partial charge on any atom is -0.361 e.